The standard InChI is InChI=1S/C19H21N3O6S/c1-13(23)21-15-5-3-14(4-6-15)11-18(24)22-16-7-9-17(10-8-16)29(26,27)20-12-19(25)28-2/h3-10,20H,11-12H2,1-2H3,(H,21,23)(H,22,24). The van der Waals surface area contributed by atoms with Gasteiger partial charge in [-0.25, -0.2) is 8.42 Å². The van der Waals surface area contributed by atoms with Crippen LogP contribution in [0, 0.1) is 0 Å². The zero-order valence-corrected chi connectivity index (χ0v) is 16.7. The van der Waals surface area contributed by atoms with Crippen molar-refractivity contribution in [3.05, 3.63) is 54.1 Å². The molecule has 0 heterocycles. The molecule has 3 N–H and O–H groups in total. The summed E-state index contributed by atoms with van der Waals surface area (Å²) in [7, 11) is -2.71. The number of hydrogen-bond acceptors (Lipinski definition) is 6. The summed E-state index contributed by atoms with van der Waals surface area (Å²) in [6.45, 7) is 0.936. The Morgan fingerprint density at radius 3 is 2.00 bits per heavy atom. The minimum atomic E-state index is -3.87. The minimum absolute atomic E-state index is 0.0482. The van der Waals surface area contributed by atoms with E-state index in [9.17, 15) is 22.8 Å². The summed E-state index contributed by atoms with van der Waals surface area (Å²) in [5, 5.41) is 5.32. The van der Waals surface area contributed by atoms with Crippen LogP contribution in [0.3, 0.4) is 0 Å². The maximum Gasteiger partial charge on any atom is 0.320 e. The Morgan fingerprint density at radius 1 is 0.897 bits per heavy atom. The predicted octanol–water partition coefficient (Wildman–Crippen LogP) is 1.28. The van der Waals surface area contributed by atoms with E-state index in [0.717, 1.165) is 12.7 Å². The van der Waals surface area contributed by atoms with Gasteiger partial charge in [-0.2, -0.15) is 4.72 Å². The molecule has 154 valence electrons. The lowest BCUT2D eigenvalue weighted by Crippen LogP contribution is -2.30. The van der Waals surface area contributed by atoms with E-state index in [1.807, 2.05) is 0 Å². The van der Waals surface area contributed by atoms with E-state index in [1.165, 1.54) is 31.2 Å². The average molecular weight is 419 g/mol. The first-order valence-electron chi connectivity index (χ1n) is 8.52. The van der Waals surface area contributed by atoms with Gasteiger partial charge in [0.2, 0.25) is 21.8 Å². The Morgan fingerprint density at radius 2 is 1.45 bits per heavy atom. The number of nitrogens with one attached hydrogen (secondary N) is 3. The van der Waals surface area contributed by atoms with Crippen LogP contribution in [-0.2, 0) is 35.6 Å². The molecule has 2 amide bonds. The number of esters is 1. The lowest BCUT2D eigenvalue weighted by Gasteiger charge is -2.09. The molecule has 2 aromatic carbocycles. The van der Waals surface area contributed by atoms with Crippen LogP contribution in [0.1, 0.15) is 12.5 Å². The van der Waals surface area contributed by atoms with Crippen LogP contribution >= 0.6 is 0 Å². The van der Waals surface area contributed by atoms with Crippen LogP contribution in [0.15, 0.2) is 53.4 Å². The molecular weight excluding hydrogens is 398 g/mol. The van der Waals surface area contributed by atoms with Gasteiger partial charge >= 0.3 is 5.97 Å². The third kappa shape index (κ3) is 7.01. The fraction of sp³-hybridized carbons (Fsp3) is 0.211. The first-order chi connectivity index (χ1) is 13.7. The first-order valence-corrected chi connectivity index (χ1v) is 10.0. The number of benzene rings is 2. The topological polar surface area (TPSA) is 131 Å². The third-order valence-electron chi connectivity index (χ3n) is 3.72. The second kappa shape index (κ2) is 9.80. The molecule has 10 heteroatoms. The highest BCUT2D eigenvalue weighted by atomic mass is 32.2. The van der Waals surface area contributed by atoms with Gasteiger partial charge in [-0.3, -0.25) is 14.4 Å². The van der Waals surface area contributed by atoms with Crippen LogP contribution in [0.5, 0.6) is 0 Å². The summed E-state index contributed by atoms with van der Waals surface area (Å²) < 4.78 is 30.7. The number of amides is 2. The van der Waals surface area contributed by atoms with E-state index in [-0.39, 0.29) is 23.1 Å². The van der Waals surface area contributed by atoms with E-state index >= 15 is 0 Å². The quantitative estimate of drug-likeness (QED) is 0.553. The second-order valence-corrected chi connectivity index (χ2v) is 7.80. The number of carbonyl (C=O) groups excluding carboxylic acids is 3. The number of methoxy groups -OCH3 is 1. The van der Waals surface area contributed by atoms with Gasteiger partial charge in [0.15, 0.2) is 0 Å². The molecule has 0 atom stereocenters. The molecule has 0 radical (unpaired) electrons. The van der Waals surface area contributed by atoms with E-state index < -0.39 is 22.5 Å². The number of hydrogen-bond donors (Lipinski definition) is 3. The lowest BCUT2D eigenvalue weighted by molar-refractivity contribution is -0.139. The van der Waals surface area contributed by atoms with Gasteiger partial charge in [0.1, 0.15) is 6.54 Å². The van der Waals surface area contributed by atoms with Gasteiger partial charge in [-0.05, 0) is 42.0 Å². The maximum atomic E-state index is 12.2. The van der Waals surface area contributed by atoms with E-state index in [1.54, 1.807) is 24.3 Å². The summed E-state index contributed by atoms with van der Waals surface area (Å²) in [6.07, 6.45) is 0.112. The van der Waals surface area contributed by atoms with Gasteiger partial charge in [-0.1, -0.05) is 12.1 Å². The molecule has 29 heavy (non-hydrogen) atoms. The van der Waals surface area contributed by atoms with Crippen LogP contribution in [0.4, 0.5) is 11.4 Å². The molecule has 2 aromatic rings. The zero-order valence-electron chi connectivity index (χ0n) is 15.9. The number of carbonyl (C=O) groups is 3. The molecule has 0 fully saturated rings. The fourth-order valence-electron chi connectivity index (χ4n) is 2.33. The fourth-order valence-corrected chi connectivity index (χ4v) is 3.30. The van der Waals surface area contributed by atoms with Crippen molar-refractivity contribution in [3.63, 3.8) is 0 Å². The molecule has 0 aliphatic rings. The predicted molar refractivity (Wildman–Crippen MR) is 107 cm³/mol. The number of ether oxygens (including phenoxy) is 1. The summed E-state index contributed by atoms with van der Waals surface area (Å²) in [4.78, 5) is 34.2. The summed E-state index contributed by atoms with van der Waals surface area (Å²) in [5.74, 6) is -1.17. The summed E-state index contributed by atoms with van der Waals surface area (Å²) >= 11 is 0. The molecule has 0 aliphatic heterocycles. The normalized spacial score (nSPS) is 10.8. The van der Waals surface area contributed by atoms with Gasteiger partial charge in [0.05, 0.1) is 18.4 Å². The number of rotatable bonds is 8. The minimum Gasteiger partial charge on any atom is -0.468 e. The second-order valence-electron chi connectivity index (χ2n) is 6.03. The summed E-state index contributed by atoms with van der Waals surface area (Å²) in [5.41, 5.74) is 1.82. The molecule has 0 saturated carbocycles. The van der Waals surface area contributed by atoms with Crippen LogP contribution in [0.25, 0.3) is 0 Å². The third-order valence-corrected chi connectivity index (χ3v) is 5.14. The van der Waals surface area contributed by atoms with Gasteiger partial charge < -0.3 is 15.4 Å². The van der Waals surface area contributed by atoms with Crippen LogP contribution in [0.2, 0.25) is 0 Å². The SMILES string of the molecule is COC(=O)CNS(=O)(=O)c1ccc(NC(=O)Cc2ccc(NC(C)=O)cc2)cc1. The lowest BCUT2D eigenvalue weighted by atomic mass is 10.1. The molecule has 2 rings (SSSR count). The Hall–Kier alpha value is -3.24. The average Bonchev–Trinajstić information content (AvgIpc) is 2.67. The van der Waals surface area contributed by atoms with Gasteiger partial charge in [0, 0.05) is 18.3 Å². The van der Waals surface area contributed by atoms with Crippen molar-refractivity contribution in [1.29, 1.82) is 0 Å². The van der Waals surface area contributed by atoms with Crippen molar-refractivity contribution >= 4 is 39.2 Å². The smallest absolute Gasteiger partial charge is 0.320 e. The Bertz CT molecular complexity index is 986. The van der Waals surface area contributed by atoms with Crippen molar-refractivity contribution in [3.8, 4) is 0 Å². The monoisotopic (exact) mass is 419 g/mol. The van der Waals surface area contributed by atoms with Gasteiger partial charge in [-0.15, -0.1) is 0 Å². The Balaban J connectivity index is 1.94. The van der Waals surface area contributed by atoms with Crippen LogP contribution in [-0.4, -0.2) is 39.9 Å². The highest BCUT2D eigenvalue weighted by Crippen LogP contribution is 2.15. The van der Waals surface area contributed by atoms with Crippen molar-refractivity contribution in [2.75, 3.05) is 24.3 Å². The summed E-state index contributed by atoms with van der Waals surface area (Å²) in [6, 6.07) is 12.4. The van der Waals surface area contributed by atoms with Crippen LogP contribution < -0.4 is 15.4 Å². The molecule has 0 aromatic heterocycles. The first kappa shape index (κ1) is 22.1. The number of anilines is 2. The number of sulfonamides is 1. The Kier molecular flexibility index (Phi) is 7.46. The van der Waals surface area contributed by atoms with Crippen molar-refractivity contribution in [2.45, 2.75) is 18.2 Å². The van der Waals surface area contributed by atoms with E-state index in [4.69, 9.17) is 0 Å². The molecule has 0 spiro atoms. The zero-order chi connectivity index (χ0) is 21.4. The highest BCUT2D eigenvalue weighted by Gasteiger charge is 2.16. The molecule has 0 saturated heterocycles. The van der Waals surface area contributed by atoms with E-state index in [2.05, 4.69) is 20.1 Å². The van der Waals surface area contributed by atoms with E-state index in [0.29, 0.717) is 11.4 Å². The van der Waals surface area contributed by atoms with Crippen molar-refractivity contribution < 1.29 is 27.5 Å². The van der Waals surface area contributed by atoms with Crippen molar-refractivity contribution in [1.82, 2.24) is 4.72 Å². The maximum absolute atomic E-state index is 12.2. The highest BCUT2D eigenvalue weighted by molar-refractivity contribution is 7.89. The molecule has 0 aliphatic carbocycles. The largest absolute Gasteiger partial charge is 0.468 e. The van der Waals surface area contributed by atoms with Gasteiger partial charge in [0.25, 0.3) is 0 Å². The Labute approximate surface area is 168 Å². The molecule has 0 bridgehead atoms. The molecule has 0 unspecified atom stereocenters. The molecule has 9 nitrogen and oxygen atoms in total. The molecular formula is C19H21N3O6S. The van der Waals surface area contributed by atoms with Crippen molar-refractivity contribution in [2.24, 2.45) is 0 Å².